The van der Waals surface area contributed by atoms with Crippen LogP contribution in [0.15, 0.2) is 0 Å². The Balaban J connectivity index is 2.59. The van der Waals surface area contributed by atoms with Crippen molar-refractivity contribution in [3.63, 3.8) is 0 Å². The van der Waals surface area contributed by atoms with E-state index in [9.17, 15) is 8.42 Å². The minimum absolute atomic E-state index is 0.344. The van der Waals surface area contributed by atoms with Crippen LogP contribution in [0.1, 0.15) is 39.5 Å². The Morgan fingerprint density at radius 2 is 1.55 bits per heavy atom. The summed E-state index contributed by atoms with van der Waals surface area (Å²) in [4.78, 5) is 2.44. The first-order chi connectivity index (χ1) is 9.37. The van der Waals surface area contributed by atoms with E-state index in [2.05, 4.69) is 34.7 Å². The van der Waals surface area contributed by atoms with Gasteiger partial charge >= 0.3 is 0 Å². The Morgan fingerprint density at radius 3 is 1.90 bits per heavy atom. The SMILES string of the molecule is CCCC(CBr)(CCC)CN1CCN(S(C)(=O)=O)CC1. The van der Waals surface area contributed by atoms with E-state index >= 15 is 0 Å². The molecule has 0 radical (unpaired) electrons. The normalized spacial score (nSPS) is 19.4. The summed E-state index contributed by atoms with van der Waals surface area (Å²) in [5, 5.41) is 1.04. The minimum atomic E-state index is -3.02. The second-order valence-electron chi connectivity index (χ2n) is 6.07. The first kappa shape index (κ1) is 18.4. The van der Waals surface area contributed by atoms with Crippen LogP contribution in [0.3, 0.4) is 0 Å². The zero-order valence-electron chi connectivity index (χ0n) is 13.1. The molecule has 4 nitrogen and oxygen atoms in total. The summed E-state index contributed by atoms with van der Waals surface area (Å²) in [5.41, 5.74) is 0.344. The predicted octanol–water partition coefficient (Wildman–Crippen LogP) is 2.55. The van der Waals surface area contributed by atoms with Crippen LogP contribution in [-0.4, -0.2) is 61.9 Å². The molecule has 1 heterocycles. The molecule has 1 rings (SSSR count). The van der Waals surface area contributed by atoms with Crippen LogP contribution in [-0.2, 0) is 10.0 Å². The van der Waals surface area contributed by atoms with Crippen molar-refractivity contribution in [3.05, 3.63) is 0 Å². The molecule has 0 aromatic rings. The zero-order chi connectivity index (χ0) is 15.2. The molecule has 120 valence electrons. The van der Waals surface area contributed by atoms with Gasteiger partial charge in [-0.05, 0) is 18.3 Å². The van der Waals surface area contributed by atoms with Crippen LogP contribution in [0, 0.1) is 5.41 Å². The van der Waals surface area contributed by atoms with Gasteiger partial charge < -0.3 is 4.90 Å². The molecule has 1 aliphatic heterocycles. The van der Waals surface area contributed by atoms with E-state index < -0.39 is 10.0 Å². The van der Waals surface area contributed by atoms with Crippen LogP contribution in [0.25, 0.3) is 0 Å². The van der Waals surface area contributed by atoms with E-state index in [1.165, 1.54) is 31.9 Å². The van der Waals surface area contributed by atoms with E-state index in [1.807, 2.05) is 0 Å². The molecule has 0 aliphatic carbocycles. The van der Waals surface area contributed by atoms with Crippen molar-refractivity contribution < 1.29 is 8.42 Å². The molecule has 0 bridgehead atoms. The summed E-state index contributed by atoms with van der Waals surface area (Å²) in [6, 6.07) is 0. The number of piperazine rings is 1. The maximum absolute atomic E-state index is 11.5. The van der Waals surface area contributed by atoms with Crippen molar-refractivity contribution in [3.8, 4) is 0 Å². The Labute approximate surface area is 133 Å². The quantitative estimate of drug-likeness (QED) is 0.618. The van der Waals surface area contributed by atoms with E-state index in [4.69, 9.17) is 0 Å². The average Bonchev–Trinajstić information content (AvgIpc) is 2.39. The van der Waals surface area contributed by atoms with E-state index in [-0.39, 0.29) is 0 Å². The number of rotatable bonds is 8. The summed E-state index contributed by atoms with van der Waals surface area (Å²) in [6.45, 7) is 8.55. The lowest BCUT2D eigenvalue weighted by Gasteiger charge is -2.41. The highest BCUT2D eigenvalue weighted by Gasteiger charge is 2.32. The lowest BCUT2D eigenvalue weighted by molar-refractivity contribution is 0.113. The average molecular weight is 369 g/mol. The van der Waals surface area contributed by atoms with Gasteiger partial charge in [-0.3, -0.25) is 0 Å². The van der Waals surface area contributed by atoms with Gasteiger partial charge in [-0.2, -0.15) is 4.31 Å². The fraction of sp³-hybridized carbons (Fsp3) is 1.00. The van der Waals surface area contributed by atoms with Gasteiger partial charge in [-0.15, -0.1) is 0 Å². The summed E-state index contributed by atoms with van der Waals surface area (Å²) < 4.78 is 24.7. The largest absolute Gasteiger partial charge is 0.300 e. The molecular weight excluding hydrogens is 340 g/mol. The standard InChI is InChI=1S/C14H29BrN2O2S/c1-4-6-14(12-15,7-5-2)13-16-8-10-17(11-9-16)20(3,18)19/h4-13H2,1-3H3. The maximum atomic E-state index is 11.5. The highest BCUT2D eigenvalue weighted by atomic mass is 79.9. The maximum Gasteiger partial charge on any atom is 0.211 e. The molecule has 0 saturated carbocycles. The van der Waals surface area contributed by atoms with Crippen LogP contribution in [0.5, 0.6) is 0 Å². The predicted molar refractivity (Wildman–Crippen MR) is 88.9 cm³/mol. The molecule has 1 fully saturated rings. The highest BCUT2D eigenvalue weighted by molar-refractivity contribution is 9.09. The van der Waals surface area contributed by atoms with Gasteiger partial charge in [0.25, 0.3) is 0 Å². The second-order valence-corrected chi connectivity index (χ2v) is 8.61. The zero-order valence-corrected chi connectivity index (χ0v) is 15.5. The number of halogens is 1. The number of alkyl halides is 1. The van der Waals surface area contributed by atoms with Crippen molar-refractivity contribution >= 4 is 26.0 Å². The van der Waals surface area contributed by atoms with Gasteiger partial charge in [-0.1, -0.05) is 42.6 Å². The lowest BCUT2D eigenvalue weighted by Crippen LogP contribution is -2.51. The van der Waals surface area contributed by atoms with Gasteiger partial charge in [0.15, 0.2) is 0 Å². The van der Waals surface area contributed by atoms with Crippen molar-refractivity contribution in [2.45, 2.75) is 39.5 Å². The number of hydrogen-bond donors (Lipinski definition) is 0. The molecule has 0 N–H and O–H groups in total. The van der Waals surface area contributed by atoms with E-state index in [1.54, 1.807) is 4.31 Å². The van der Waals surface area contributed by atoms with Gasteiger partial charge in [0.2, 0.25) is 10.0 Å². The third-order valence-electron chi connectivity index (χ3n) is 4.20. The lowest BCUT2D eigenvalue weighted by atomic mass is 9.80. The van der Waals surface area contributed by atoms with Crippen molar-refractivity contribution in [1.29, 1.82) is 0 Å². The van der Waals surface area contributed by atoms with Gasteiger partial charge in [0.1, 0.15) is 0 Å². The number of sulfonamides is 1. The topological polar surface area (TPSA) is 40.6 Å². The van der Waals surface area contributed by atoms with Crippen LogP contribution < -0.4 is 0 Å². The van der Waals surface area contributed by atoms with Gasteiger partial charge in [-0.25, -0.2) is 8.42 Å². The van der Waals surface area contributed by atoms with Gasteiger partial charge in [0, 0.05) is 38.1 Å². The Kier molecular flexibility index (Phi) is 7.46. The smallest absolute Gasteiger partial charge is 0.211 e. The Hall–Kier alpha value is 0.350. The first-order valence-electron chi connectivity index (χ1n) is 7.60. The Bertz CT molecular complexity index is 373. The summed E-state index contributed by atoms with van der Waals surface area (Å²) >= 11 is 3.71. The molecule has 0 aromatic carbocycles. The molecule has 1 saturated heterocycles. The fourth-order valence-corrected chi connectivity index (χ4v) is 4.78. The monoisotopic (exact) mass is 368 g/mol. The van der Waals surface area contributed by atoms with Crippen molar-refractivity contribution in [1.82, 2.24) is 9.21 Å². The molecule has 0 spiro atoms. The molecule has 0 unspecified atom stereocenters. The summed E-state index contributed by atoms with van der Waals surface area (Å²) in [6.07, 6.45) is 6.18. The summed E-state index contributed by atoms with van der Waals surface area (Å²) in [7, 11) is -3.02. The van der Waals surface area contributed by atoms with Crippen molar-refractivity contribution in [2.24, 2.45) is 5.41 Å². The summed E-state index contributed by atoms with van der Waals surface area (Å²) in [5.74, 6) is 0. The minimum Gasteiger partial charge on any atom is -0.300 e. The second kappa shape index (κ2) is 8.11. The van der Waals surface area contributed by atoms with Gasteiger partial charge in [0.05, 0.1) is 6.26 Å². The van der Waals surface area contributed by atoms with Crippen LogP contribution in [0.4, 0.5) is 0 Å². The Morgan fingerprint density at radius 1 is 1.05 bits per heavy atom. The first-order valence-corrected chi connectivity index (χ1v) is 10.6. The number of hydrogen-bond acceptors (Lipinski definition) is 3. The van der Waals surface area contributed by atoms with E-state index in [0.29, 0.717) is 18.5 Å². The fourth-order valence-electron chi connectivity index (χ4n) is 3.21. The molecule has 20 heavy (non-hydrogen) atoms. The number of nitrogens with zero attached hydrogens (tertiary/aromatic N) is 2. The van der Waals surface area contributed by atoms with E-state index in [0.717, 1.165) is 25.0 Å². The van der Waals surface area contributed by atoms with Crippen LogP contribution >= 0.6 is 15.9 Å². The third-order valence-corrected chi connectivity index (χ3v) is 6.70. The highest BCUT2D eigenvalue weighted by Crippen LogP contribution is 2.33. The van der Waals surface area contributed by atoms with Crippen LogP contribution in [0.2, 0.25) is 0 Å². The molecule has 0 aromatic heterocycles. The third kappa shape index (κ3) is 5.28. The molecule has 0 amide bonds. The van der Waals surface area contributed by atoms with Crippen molar-refractivity contribution in [2.75, 3.05) is 44.3 Å². The molecule has 6 heteroatoms. The molecule has 1 aliphatic rings. The molecular formula is C14H29BrN2O2S. The molecule has 0 atom stereocenters.